The topological polar surface area (TPSA) is 62.3 Å². The van der Waals surface area contributed by atoms with E-state index in [9.17, 15) is 9.59 Å². The Morgan fingerprint density at radius 3 is 2.38 bits per heavy atom. The molecule has 32 heavy (non-hydrogen) atoms. The quantitative estimate of drug-likeness (QED) is 0.631. The molecule has 1 aliphatic rings. The van der Waals surface area contributed by atoms with Crippen molar-refractivity contribution < 1.29 is 9.59 Å². The smallest absolute Gasteiger partial charge is 0.255 e. The maximum Gasteiger partial charge on any atom is 0.255 e. The minimum atomic E-state index is -0.195. The Morgan fingerprint density at radius 1 is 0.969 bits per heavy atom. The summed E-state index contributed by atoms with van der Waals surface area (Å²) in [6, 6.07) is 10.2. The van der Waals surface area contributed by atoms with Gasteiger partial charge in [-0.3, -0.25) is 14.6 Å². The molecule has 0 bridgehead atoms. The van der Waals surface area contributed by atoms with Crippen molar-refractivity contribution in [3.63, 3.8) is 0 Å². The number of amides is 2. The zero-order valence-electron chi connectivity index (χ0n) is 19.6. The van der Waals surface area contributed by atoms with E-state index in [1.807, 2.05) is 45.9 Å². The summed E-state index contributed by atoms with van der Waals surface area (Å²) in [6.07, 6.45) is 3.91. The molecule has 5 nitrogen and oxygen atoms in total. The zero-order valence-corrected chi connectivity index (χ0v) is 19.6. The highest BCUT2D eigenvalue weighted by molar-refractivity contribution is 6.09. The van der Waals surface area contributed by atoms with Gasteiger partial charge < -0.3 is 10.2 Å². The second kappa shape index (κ2) is 8.73. The molecular weight excluding hydrogens is 398 g/mol. The van der Waals surface area contributed by atoms with E-state index < -0.39 is 0 Å². The molecule has 2 amide bonds. The summed E-state index contributed by atoms with van der Waals surface area (Å²) in [5.41, 5.74) is 8.77. The van der Waals surface area contributed by atoms with Crippen LogP contribution < -0.4 is 5.32 Å². The van der Waals surface area contributed by atoms with Gasteiger partial charge in [0.05, 0.1) is 17.6 Å². The molecule has 5 heteroatoms. The number of anilines is 1. The average molecular weight is 430 g/mol. The number of nitrogens with one attached hydrogen (secondary N) is 1. The van der Waals surface area contributed by atoms with Crippen molar-refractivity contribution in [2.24, 2.45) is 0 Å². The second-order valence-corrected chi connectivity index (χ2v) is 9.12. The molecule has 0 fully saturated rings. The molecule has 0 unspecified atom stereocenters. The molecule has 166 valence electrons. The van der Waals surface area contributed by atoms with E-state index in [1.54, 1.807) is 7.05 Å². The lowest BCUT2D eigenvalue weighted by Gasteiger charge is -2.24. The molecule has 1 heterocycles. The van der Waals surface area contributed by atoms with E-state index in [0.29, 0.717) is 5.56 Å². The number of carbonyl (C=O) groups excluding carboxylic acids is 2. The van der Waals surface area contributed by atoms with Gasteiger partial charge in [0.2, 0.25) is 5.91 Å². The van der Waals surface area contributed by atoms with Crippen LogP contribution in [0.2, 0.25) is 0 Å². The minimum absolute atomic E-state index is 0.00397. The van der Waals surface area contributed by atoms with Crippen LogP contribution in [0.4, 0.5) is 5.69 Å². The summed E-state index contributed by atoms with van der Waals surface area (Å²) in [6.45, 7) is 8.04. The van der Waals surface area contributed by atoms with Crippen LogP contribution in [0.25, 0.3) is 10.9 Å². The average Bonchev–Trinajstić information content (AvgIpc) is 2.74. The van der Waals surface area contributed by atoms with Crippen molar-refractivity contribution in [3.8, 4) is 0 Å². The molecule has 0 spiro atoms. The van der Waals surface area contributed by atoms with Crippen molar-refractivity contribution in [1.29, 1.82) is 0 Å². The molecule has 0 aliphatic heterocycles. The van der Waals surface area contributed by atoms with Gasteiger partial charge in [-0.25, -0.2) is 0 Å². The van der Waals surface area contributed by atoms with Crippen molar-refractivity contribution in [2.45, 2.75) is 53.4 Å². The Bertz CT molecular complexity index is 1210. The largest absolute Gasteiger partial charge is 0.332 e. The van der Waals surface area contributed by atoms with E-state index in [4.69, 9.17) is 4.98 Å². The number of nitrogens with zero attached hydrogens (tertiary/aromatic N) is 2. The Labute approximate surface area is 189 Å². The predicted molar refractivity (Wildman–Crippen MR) is 129 cm³/mol. The lowest BCUT2D eigenvalue weighted by molar-refractivity contribution is -0.116. The fourth-order valence-corrected chi connectivity index (χ4v) is 4.82. The molecule has 0 saturated heterocycles. The number of fused-ring (bicyclic) bond motifs is 2. The van der Waals surface area contributed by atoms with Gasteiger partial charge in [-0.2, -0.15) is 0 Å². The fraction of sp³-hybridized carbons (Fsp3) is 0.370. The van der Waals surface area contributed by atoms with Gasteiger partial charge in [-0.05, 0) is 82.2 Å². The van der Waals surface area contributed by atoms with E-state index in [0.717, 1.165) is 75.8 Å². The summed E-state index contributed by atoms with van der Waals surface area (Å²) in [4.78, 5) is 32.8. The van der Waals surface area contributed by atoms with Crippen LogP contribution in [-0.4, -0.2) is 35.3 Å². The maximum absolute atomic E-state index is 13.6. The summed E-state index contributed by atoms with van der Waals surface area (Å²) < 4.78 is 0. The van der Waals surface area contributed by atoms with Crippen LogP contribution in [0.5, 0.6) is 0 Å². The van der Waals surface area contributed by atoms with E-state index >= 15 is 0 Å². The van der Waals surface area contributed by atoms with Gasteiger partial charge in [-0.15, -0.1) is 0 Å². The second-order valence-electron chi connectivity index (χ2n) is 9.12. The number of aromatic nitrogens is 1. The van der Waals surface area contributed by atoms with Crippen molar-refractivity contribution in [1.82, 2.24) is 9.88 Å². The SMILES string of the molecule is Cc1cc(C)c(NC(=O)CN(C)C(=O)c2c3c(nc4ccc(C)cc24)CCCC3)c(C)c1. The van der Waals surface area contributed by atoms with Crippen LogP contribution in [0.3, 0.4) is 0 Å². The third kappa shape index (κ3) is 4.24. The first-order valence-electron chi connectivity index (χ1n) is 11.3. The predicted octanol–water partition coefficient (Wildman–Crippen LogP) is 5.06. The van der Waals surface area contributed by atoms with Gasteiger partial charge in [-0.1, -0.05) is 29.3 Å². The first-order chi connectivity index (χ1) is 15.2. The Morgan fingerprint density at radius 2 is 1.66 bits per heavy atom. The highest BCUT2D eigenvalue weighted by Gasteiger charge is 2.26. The van der Waals surface area contributed by atoms with Gasteiger partial charge in [0.25, 0.3) is 5.91 Å². The van der Waals surface area contributed by atoms with Crippen molar-refractivity contribution in [3.05, 3.63) is 69.4 Å². The number of hydrogen-bond acceptors (Lipinski definition) is 3. The zero-order chi connectivity index (χ0) is 23.0. The normalized spacial score (nSPS) is 13.0. The third-order valence-electron chi connectivity index (χ3n) is 6.30. The van der Waals surface area contributed by atoms with Crippen LogP contribution in [0.15, 0.2) is 30.3 Å². The molecule has 0 saturated carbocycles. The molecule has 2 aromatic carbocycles. The maximum atomic E-state index is 13.6. The van der Waals surface area contributed by atoms with Crippen LogP contribution in [0.1, 0.15) is 56.7 Å². The summed E-state index contributed by atoms with van der Waals surface area (Å²) in [5, 5.41) is 3.89. The molecule has 4 rings (SSSR count). The number of benzene rings is 2. The first-order valence-corrected chi connectivity index (χ1v) is 11.3. The van der Waals surface area contributed by atoms with Gasteiger partial charge >= 0.3 is 0 Å². The van der Waals surface area contributed by atoms with E-state index in [2.05, 4.69) is 17.4 Å². The van der Waals surface area contributed by atoms with Crippen molar-refractivity contribution in [2.75, 3.05) is 18.9 Å². The Balaban J connectivity index is 1.63. The Hall–Kier alpha value is -3.21. The summed E-state index contributed by atoms with van der Waals surface area (Å²) in [5.74, 6) is -0.312. The highest BCUT2D eigenvalue weighted by atomic mass is 16.2. The third-order valence-corrected chi connectivity index (χ3v) is 6.30. The molecule has 0 radical (unpaired) electrons. The van der Waals surface area contributed by atoms with Gasteiger partial charge in [0.1, 0.15) is 0 Å². The first kappa shape index (κ1) is 22.0. The molecule has 1 aliphatic carbocycles. The van der Waals surface area contributed by atoms with Crippen LogP contribution in [-0.2, 0) is 17.6 Å². The van der Waals surface area contributed by atoms with Gasteiger partial charge in [0.15, 0.2) is 0 Å². The van der Waals surface area contributed by atoms with E-state index in [-0.39, 0.29) is 18.4 Å². The standard InChI is InChI=1S/C27H31N3O2/c1-16-10-11-23-21(14-16)25(20-8-6-7-9-22(20)28-23)27(32)30(5)15-24(31)29-26-18(3)12-17(2)13-19(26)4/h10-14H,6-9,15H2,1-5H3,(H,29,31). The molecule has 3 aromatic rings. The summed E-state index contributed by atoms with van der Waals surface area (Å²) in [7, 11) is 1.70. The fourth-order valence-electron chi connectivity index (χ4n) is 4.82. The Kier molecular flexibility index (Phi) is 6.00. The number of aryl methyl sites for hydroxylation is 5. The molecule has 1 N–H and O–H groups in total. The minimum Gasteiger partial charge on any atom is -0.332 e. The lowest BCUT2D eigenvalue weighted by atomic mass is 9.89. The number of hydrogen-bond donors (Lipinski definition) is 1. The monoisotopic (exact) mass is 429 g/mol. The number of pyridine rings is 1. The molecular formula is C27H31N3O2. The van der Waals surface area contributed by atoms with Crippen LogP contribution >= 0.6 is 0 Å². The van der Waals surface area contributed by atoms with E-state index in [1.165, 1.54) is 4.90 Å². The number of rotatable bonds is 4. The van der Waals surface area contributed by atoms with Crippen LogP contribution in [0, 0.1) is 27.7 Å². The lowest BCUT2D eigenvalue weighted by Crippen LogP contribution is -2.36. The van der Waals surface area contributed by atoms with Gasteiger partial charge in [0, 0.05) is 23.8 Å². The highest BCUT2D eigenvalue weighted by Crippen LogP contribution is 2.31. The molecule has 0 atom stereocenters. The number of carbonyl (C=O) groups is 2. The summed E-state index contributed by atoms with van der Waals surface area (Å²) >= 11 is 0. The molecule has 1 aromatic heterocycles. The van der Waals surface area contributed by atoms with Crippen molar-refractivity contribution >= 4 is 28.4 Å². The number of likely N-dealkylation sites (N-methyl/N-ethyl adjacent to an activating group) is 1.